The molecule has 6 rings (SSSR count). The van der Waals surface area contributed by atoms with E-state index in [-0.39, 0.29) is 28.5 Å². The number of ether oxygens (including phenoxy) is 3. The Morgan fingerprint density at radius 2 is 1.75 bits per heavy atom. The zero-order valence-electron chi connectivity index (χ0n) is 24.0. The summed E-state index contributed by atoms with van der Waals surface area (Å²) in [6, 6.07) is 17.6. The lowest BCUT2D eigenvalue weighted by atomic mass is 9.57. The van der Waals surface area contributed by atoms with Gasteiger partial charge in [-0.05, 0) is 108 Å². The van der Waals surface area contributed by atoms with Crippen molar-refractivity contribution in [2.45, 2.75) is 76.7 Å². The van der Waals surface area contributed by atoms with Crippen LogP contribution in [0.15, 0.2) is 54.6 Å². The van der Waals surface area contributed by atoms with Gasteiger partial charge >= 0.3 is 5.97 Å². The Labute approximate surface area is 236 Å². The van der Waals surface area contributed by atoms with Crippen LogP contribution in [0.3, 0.4) is 0 Å². The van der Waals surface area contributed by atoms with Crippen LogP contribution in [0.2, 0.25) is 0 Å². The lowest BCUT2D eigenvalue weighted by molar-refractivity contribution is -0.153. The van der Waals surface area contributed by atoms with Crippen molar-refractivity contribution in [2.24, 2.45) is 11.3 Å². The van der Waals surface area contributed by atoms with Crippen molar-refractivity contribution < 1.29 is 23.4 Å². The lowest BCUT2D eigenvalue weighted by Crippen LogP contribution is -2.47. The second-order valence-electron chi connectivity index (χ2n) is 12.6. The smallest absolute Gasteiger partial charge is 0.309 e. The molecule has 2 saturated carbocycles. The van der Waals surface area contributed by atoms with Gasteiger partial charge in [0.15, 0.2) is 0 Å². The van der Waals surface area contributed by atoms with Crippen LogP contribution < -0.4 is 9.47 Å². The highest BCUT2D eigenvalue weighted by atomic mass is 19.1. The molecule has 210 valence electrons. The summed E-state index contributed by atoms with van der Waals surface area (Å²) in [5.74, 6) is 1.41. The van der Waals surface area contributed by atoms with Crippen LogP contribution in [0.25, 0.3) is 11.1 Å². The minimum atomic E-state index is -0.241. The Kier molecular flexibility index (Phi) is 6.88. The van der Waals surface area contributed by atoms with E-state index < -0.39 is 0 Å². The highest BCUT2D eigenvalue weighted by molar-refractivity contribution is 5.77. The number of carbonyl (C=O) groups is 1. The maximum absolute atomic E-state index is 15.1. The normalized spacial score (nSPS) is 24.4. The van der Waals surface area contributed by atoms with E-state index >= 15 is 4.39 Å². The number of halogens is 1. The van der Waals surface area contributed by atoms with E-state index in [1.807, 2.05) is 18.2 Å². The first-order chi connectivity index (χ1) is 19.3. The number of esters is 1. The molecule has 5 heteroatoms. The molecular weight excluding hydrogens is 503 g/mol. The maximum Gasteiger partial charge on any atom is 0.309 e. The van der Waals surface area contributed by atoms with E-state index in [0.29, 0.717) is 23.8 Å². The first-order valence-electron chi connectivity index (χ1n) is 14.6. The largest absolute Gasteiger partial charge is 0.497 e. The third-order valence-corrected chi connectivity index (χ3v) is 10.1. The number of aryl methyl sites for hydroxylation is 1. The van der Waals surface area contributed by atoms with Gasteiger partial charge in [0.1, 0.15) is 23.9 Å². The van der Waals surface area contributed by atoms with Gasteiger partial charge in [0.05, 0.1) is 20.1 Å². The molecule has 2 fully saturated rings. The third kappa shape index (κ3) is 4.48. The van der Waals surface area contributed by atoms with E-state index in [1.165, 1.54) is 36.3 Å². The van der Waals surface area contributed by atoms with Crippen molar-refractivity contribution in [1.82, 2.24) is 0 Å². The van der Waals surface area contributed by atoms with Crippen molar-refractivity contribution in [3.05, 3.63) is 82.7 Å². The Morgan fingerprint density at radius 1 is 0.925 bits per heavy atom. The van der Waals surface area contributed by atoms with Crippen LogP contribution in [0.4, 0.5) is 4.39 Å². The highest BCUT2D eigenvalue weighted by Gasteiger charge is 2.55. The lowest BCUT2D eigenvalue weighted by Gasteiger charge is -2.46. The van der Waals surface area contributed by atoms with Crippen LogP contribution in [-0.4, -0.2) is 20.2 Å². The summed E-state index contributed by atoms with van der Waals surface area (Å²) >= 11 is 0. The van der Waals surface area contributed by atoms with Crippen LogP contribution in [0, 0.1) is 17.2 Å². The molecule has 0 saturated heterocycles. The molecule has 3 aliphatic carbocycles. The van der Waals surface area contributed by atoms with Gasteiger partial charge < -0.3 is 14.2 Å². The quantitative estimate of drug-likeness (QED) is 0.283. The number of hydrogen-bond acceptors (Lipinski definition) is 4. The molecule has 0 aliphatic heterocycles. The number of fused-ring (bicyclic) bond motifs is 2. The summed E-state index contributed by atoms with van der Waals surface area (Å²) in [6.45, 7) is 5.07. The number of benzene rings is 3. The van der Waals surface area contributed by atoms with Crippen LogP contribution in [-0.2, 0) is 28.0 Å². The molecule has 40 heavy (non-hydrogen) atoms. The van der Waals surface area contributed by atoms with Crippen molar-refractivity contribution in [1.29, 1.82) is 0 Å². The average molecular weight is 543 g/mol. The van der Waals surface area contributed by atoms with Crippen molar-refractivity contribution in [3.63, 3.8) is 0 Å². The topological polar surface area (TPSA) is 44.8 Å². The molecule has 4 nitrogen and oxygen atoms in total. The molecule has 0 radical (unpaired) electrons. The molecular formula is C35H39FO4. The van der Waals surface area contributed by atoms with Gasteiger partial charge in [-0.25, -0.2) is 4.39 Å². The van der Waals surface area contributed by atoms with E-state index in [4.69, 9.17) is 14.2 Å². The van der Waals surface area contributed by atoms with Crippen LogP contribution in [0.5, 0.6) is 11.5 Å². The molecule has 3 aliphatic rings. The molecule has 0 aromatic heterocycles. The van der Waals surface area contributed by atoms with E-state index in [9.17, 15) is 4.79 Å². The number of carbonyl (C=O) groups excluding carboxylic acids is 1. The van der Waals surface area contributed by atoms with Crippen LogP contribution in [0.1, 0.15) is 80.5 Å². The standard InChI is InChI=1S/C35H39FO4/c1-34(2)15-5-6-29(34)27-18-22(7-11-26(27)28-19-24(38-3)10-12-32(28)36)21-40-25-9-8-23-13-16-35(31(23)20-25)17-14-30(35)33(37)39-4/h7-12,18-20,29-30H,5-6,13-17,21H2,1-4H3/t29-,30?,35?/m0/s1. The Balaban J connectivity index is 1.30. The molecule has 0 heterocycles. The fourth-order valence-electron chi connectivity index (χ4n) is 7.71. The predicted molar refractivity (Wildman–Crippen MR) is 154 cm³/mol. The van der Waals surface area contributed by atoms with Gasteiger partial charge in [-0.15, -0.1) is 0 Å². The number of rotatable bonds is 7. The van der Waals surface area contributed by atoms with Crippen molar-refractivity contribution in [3.8, 4) is 22.6 Å². The van der Waals surface area contributed by atoms with Crippen molar-refractivity contribution >= 4 is 5.97 Å². The zero-order chi connectivity index (χ0) is 28.1. The molecule has 3 aromatic carbocycles. The van der Waals surface area contributed by atoms with E-state index in [2.05, 4.69) is 32.0 Å². The first kappa shape index (κ1) is 26.9. The minimum Gasteiger partial charge on any atom is -0.497 e. The number of hydrogen-bond donors (Lipinski definition) is 0. The predicted octanol–water partition coefficient (Wildman–Crippen LogP) is 8.14. The summed E-state index contributed by atoms with van der Waals surface area (Å²) in [6.07, 6.45) is 7.30. The molecule has 0 amide bonds. The SMILES string of the molecule is COC(=O)C1CCC12CCc1ccc(OCc3ccc(-c4cc(OC)ccc4F)c([C@@H]4CCCC4(C)C)c3)cc12. The summed E-state index contributed by atoms with van der Waals surface area (Å²) in [5, 5.41) is 0. The van der Waals surface area contributed by atoms with Crippen LogP contribution >= 0.6 is 0 Å². The Morgan fingerprint density at radius 3 is 2.45 bits per heavy atom. The third-order valence-electron chi connectivity index (χ3n) is 10.1. The van der Waals surface area contributed by atoms with Gasteiger partial charge in [-0.1, -0.05) is 44.5 Å². The summed E-state index contributed by atoms with van der Waals surface area (Å²) in [4.78, 5) is 12.5. The van der Waals surface area contributed by atoms with Gasteiger partial charge in [-0.3, -0.25) is 4.79 Å². The molecule has 0 N–H and O–H groups in total. The van der Waals surface area contributed by atoms with E-state index in [0.717, 1.165) is 55.4 Å². The molecule has 0 bridgehead atoms. The fourth-order valence-corrected chi connectivity index (χ4v) is 7.71. The monoisotopic (exact) mass is 542 g/mol. The average Bonchev–Trinajstić information content (AvgIpc) is 3.51. The summed E-state index contributed by atoms with van der Waals surface area (Å²) in [5.41, 5.74) is 6.35. The highest BCUT2D eigenvalue weighted by Crippen LogP contribution is 2.57. The Hall–Kier alpha value is -3.34. The molecule has 3 aromatic rings. The van der Waals surface area contributed by atoms with Gasteiger partial charge in [-0.2, -0.15) is 0 Å². The summed E-state index contributed by atoms with van der Waals surface area (Å²) in [7, 11) is 3.10. The van der Waals surface area contributed by atoms with Gasteiger partial charge in [0.2, 0.25) is 0 Å². The molecule has 3 atom stereocenters. The second-order valence-corrected chi connectivity index (χ2v) is 12.6. The second kappa shape index (κ2) is 10.2. The van der Waals surface area contributed by atoms with Gasteiger partial charge in [0.25, 0.3) is 0 Å². The van der Waals surface area contributed by atoms with Crippen molar-refractivity contribution in [2.75, 3.05) is 14.2 Å². The maximum atomic E-state index is 15.1. The Bertz CT molecular complexity index is 1440. The first-order valence-corrected chi connectivity index (χ1v) is 14.6. The van der Waals surface area contributed by atoms with E-state index in [1.54, 1.807) is 19.2 Å². The minimum absolute atomic E-state index is 0.0594. The number of methoxy groups -OCH3 is 2. The fraction of sp³-hybridized carbons (Fsp3) is 0.457. The van der Waals surface area contributed by atoms with Gasteiger partial charge in [0, 0.05) is 11.0 Å². The zero-order valence-corrected chi connectivity index (χ0v) is 24.0. The molecule has 1 spiro atoms. The molecule has 2 unspecified atom stereocenters. The summed E-state index contributed by atoms with van der Waals surface area (Å²) < 4.78 is 32.0.